The molecule has 1 atom stereocenters. The number of nitrogens with two attached hydrogens (primary N) is 1. The van der Waals surface area contributed by atoms with Crippen molar-refractivity contribution in [1.82, 2.24) is 10.1 Å². The summed E-state index contributed by atoms with van der Waals surface area (Å²) < 4.78 is 10.8. The van der Waals surface area contributed by atoms with E-state index in [1.54, 1.807) is 25.1 Å². The normalized spacial score (nSPS) is 14.4. The summed E-state index contributed by atoms with van der Waals surface area (Å²) in [7, 11) is 0. The van der Waals surface area contributed by atoms with E-state index in [1.165, 1.54) is 0 Å². The Bertz CT molecular complexity index is 606. The Morgan fingerprint density at radius 1 is 1.29 bits per heavy atom. The summed E-state index contributed by atoms with van der Waals surface area (Å²) in [5.41, 5.74) is 5.98. The largest absolute Gasteiger partial charge is 0.376 e. The first-order valence-electron chi connectivity index (χ1n) is 6.49. The third-order valence-corrected chi connectivity index (χ3v) is 3.20. The first-order chi connectivity index (χ1) is 9.78. The Morgan fingerprint density at radius 2 is 1.90 bits per heavy atom. The van der Waals surface area contributed by atoms with Crippen LogP contribution in [0.5, 0.6) is 0 Å². The maximum absolute atomic E-state index is 6.18. The van der Waals surface area contributed by atoms with Crippen LogP contribution in [0.4, 0.5) is 0 Å². The third kappa shape index (κ3) is 4.17. The van der Waals surface area contributed by atoms with Crippen LogP contribution in [0.25, 0.3) is 11.5 Å². The Balaban J connectivity index is 2.24. The molecule has 0 radical (unpaired) electrons. The average Bonchev–Trinajstić information content (AvgIpc) is 2.85. The molecule has 0 spiro atoms. The van der Waals surface area contributed by atoms with Gasteiger partial charge in [-0.05, 0) is 39.0 Å². The summed E-state index contributed by atoms with van der Waals surface area (Å²) in [4.78, 5) is 4.31. The molecule has 5 nitrogen and oxygen atoms in total. The monoisotopic (exact) mass is 329 g/mol. The van der Waals surface area contributed by atoms with Crippen molar-refractivity contribution < 1.29 is 9.26 Å². The summed E-state index contributed by atoms with van der Waals surface area (Å²) in [6, 6.07) is 5.03. The van der Waals surface area contributed by atoms with E-state index in [1.807, 2.05) is 13.8 Å². The molecule has 1 aromatic carbocycles. The van der Waals surface area contributed by atoms with Crippen LogP contribution in [0.2, 0.25) is 10.0 Å². The maximum Gasteiger partial charge on any atom is 0.258 e. The second-order valence-corrected chi connectivity index (χ2v) is 6.23. The van der Waals surface area contributed by atoms with Gasteiger partial charge in [-0.3, -0.25) is 0 Å². The van der Waals surface area contributed by atoms with Crippen molar-refractivity contribution in [3.8, 4) is 11.5 Å². The summed E-state index contributed by atoms with van der Waals surface area (Å²) in [6.45, 7) is 5.95. The van der Waals surface area contributed by atoms with E-state index in [4.69, 9.17) is 38.2 Å². The van der Waals surface area contributed by atoms with E-state index in [-0.39, 0.29) is 6.10 Å². The smallest absolute Gasteiger partial charge is 0.258 e. The summed E-state index contributed by atoms with van der Waals surface area (Å²) >= 11 is 11.9. The highest BCUT2D eigenvalue weighted by Crippen LogP contribution is 2.27. The molecule has 0 aliphatic heterocycles. The molecule has 2 N–H and O–H groups in total. The molecule has 0 bridgehead atoms. The van der Waals surface area contributed by atoms with E-state index < -0.39 is 5.54 Å². The minimum atomic E-state index is -0.839. The fourth-order valence-electron chi connectivity index (χ4n) is 1.65. The van der Waals surface area contributed by atoms with Crippen LogP contribution in [0.3, 0.4) is 0 Å². The van der Waals surface area contributed by atoms with Gasteiger partial charge in [-0.2, -0.15) is 4.98 Å². The van der Waals surface area contributed by atoms with Gasteiger partial charge in [-0.15, -0.1) is 0 Å². The van der Waals surface area contributed by atoms with E-state index >= 15 is 0 Å². The van der Waals surface area contributed by atoms with Crippen molar-refractivity contribution in [2.45, 2.75) is 32.4 Å². The molecule has 0 amide bonds. The number of nitrogens with zero attached hydrogens (tertiary/aromatic N) is 2. The van der Waals surface area contributed by atoms with Gasteiger partial charge in [0.05, 0.1) is 12.7 Å². The number of hydrogen-bond acceptors (Lipinski definition) is 5. The second kappa shape index (κ2) is 6.32. The zero-order valence-electron chi connectivity index (χ0n) is 12.1. The van der Waals surface area contributed by atoms with Crippen LogP contribution in [0.1, 0.15) is 26.6 Å². The average molecular weight is 330 g/mol. The number of hydrogen-bond donors (Lipinski definition) is 1. The number of halogens is 2. The van der Waals surface area contributed by atoms with Crippen molar-refractivity contribution >= 4 is 23.2 Å². The Labute approximate surface area is 133 Å². The van der Waals surface area contributed by atoms with Crippen molar-refractivity contribution in [3.05, 3.63) is 34.1 Å². The first-order valence-corrected chi connectivity index (χ1v) is 7.24. The Kier molecular flexibility index (Phi) is 4.88. The zero-order valence-corrected chi connectivity index (χ0v) is 13.6. The lowest BCUT2D eigenvalue weighted by Crippen LogP contribution is -2.40. The SMILES string of the molecule is CC(C)OCC(C)(N)c1noc(-c2cc(Cl)cc(Cl)c2)n1. The highest BCUT2D eigenvalue weighted by Gasteiger charge is 2.28. The molecule has 0 fully saturated rings. The van der Waals surface area contributed by atoms with Gasteiger partial charge in [0.15, 0.2) is 5.82 Å². The van der Waals surface area contributed by atoms with Crippen molar-refractivity contribution in [2.24, 2.45) is 5.73 Å². The zero-order chi connectivity index (χ0) is 15.6. The lowest BCUT2D eigenvalue weighted by Gasteiger charge is -2.21. The van der Waals surface area contributed by atoms with E-state index in [0.717, 1.165) is 0 Å². The molecule has 0 aliphatic carbocycles. The first kappa shape index (κ1) is 16.2. The van der Waals surface area contributed by atoms with Gasteiger partial charge in [0.25, 0.3) is 5.89 Å². The molecule has 0 saturated heterocycles. The quantitative estimate of drug-likeness (QED) is 0.906. The van der Waals surface area contributed by atoms with Crippen LogP contribution < -0.4 is 5.73 Å². The molecule has 1 aromatic heterocycles. The number of benzene rings is 1. The molecule has 0 saturated carbocycles. The molecule has 2 rings (SSSR count). The van der Waals surface area contributed by atoms with Crippen LogP contribution in [-0.2, 0) is 10.3 Å². The van der Waals surface area contributed by atoms with Gasteiger partial charge >= 0.3 is 0 Å². The van der Waals surface area contributed by atoms with E-state index in [0.29, 0.717) is 33.9 Å². The van der Waals surface area contributed by atoms with Crippen molar-refractivity contribution in [2.75, 3.05) is 6.61 Å². The lowest BCUT2D eigenvalue weighted by molar-refractivity contribution is 0.0410. The fourth-order valence-corrected chi connectivity index (χ4v) is 2.18. The highest BCUT2D eigenvalue weighted by atomic mass is 35.5. The molecular weight excluding hydrogens is 313 g/mol. The Hall–Kier alpha value is -1.14. The predicted molar refractivity (Wildman–Crippen MR) is 82.4 cm³/mol. The summed E-state index contributed by atoms with van der Waals surface area (Å²) in [5.74, 6) is 0.685. The van der Waals surface area contributed by atoms with Crippen LogP contribution in [0, 0.1) is 0 Å². The standard InChI is InChI=1S/C14H17Cl2N3O2/c1-8(2)20-7-14(3,17)13-18-12(21-19-13)9-4-10(15)6-11(16)5-9/h4-6,8H,7,17H2,1-3H3. The topological polar surface area (TPSA) is 74.2 Å². The molecule has 2 aromatic rings. The number of aromatic nitrogens is 2. The molecule has 1 heterocycles. The van der Waals surface area contributed by atoms with Crippen molar-refractivity contribution in [1.29, 1.82) is 0 Å². The maximum atomic E-state index is 6.18. The summed E-state index contributed by atoms with van der Waals surface area (Å²) in [6.07, 6.45) is 0.0750. The highest BCUT2D eigenvalue weighted by molar-refractivity contribution is 6.35. The van der Waals surface area contributed by atoms with Gasteiger partial charge in [0, 0.05) is 15.6 Å². The van der Waals surface area contributed by atoms with Crippen LogP contribution in [0.15, 0.2) is 22.7 Å². The molecule has 114 valence electrons. The Morgan fingerprint density at radius 3 is 2.48 bits per heavy atom. The minimum absolute atomic E-state index is 0.0750. The van der Waals surface area contributed by atoms with Crippen LogP contribution >= 0.6 is 23.2 Å². The molecular formula is C14H17Cl2N3O2. The van der Waals surface area contributed by atoms with Gasteiger partial charge < -0.3 is 15.0 Å². The lowest BCUT2D eigenvalue weighted by atomic mass is 10.1. The van der Waals surface area contributed by atoms with Gasteiger partial charge in [0.2, 0.25) is 0 Å². The van der Waals surface area contributed by atoms with Gasteiger partial charge in [-0.1, -0.05) is 28.4 Å². The molecule has 0 aliphatic rings. The van der Waals surface area contributed by atoms with Gasteiger partial charge in [0.1, 0.15) is 5.54 Å². The summed E-state index contributed by atoms with van der Waals surface area (Å²) in [5, 5.41) is 4.92. The van der Waals surface area contributed by atoms with Crippen molar-refractivity contribution in [3.63, 3.8) is 0 Å². The van der Waals surface area contributed by atoms with Crippen LogP contribution in [-0.4, -0.2) is 22.9 Å². The second-order valence-electron chi connectivity index (χ2n) is 5.36. The molecule has 1 unspecified atom stereocenters. The minimum Gasteiger partial charge on any atom is -0.376 e. The fraction of sp³-hybridized carbons (Fsp3) is 0.429. The third-order valence-electron chi connectivity index (χ3n) is 2.76. The predicted octanol–water partition coefficient (Wildman–Crippen LogP) is 3.64. The van der Waals surface area contributed by atoms with E-state index in [2.05, 4.69) is 10.1 Å². The van der Waals surface area contributed by atoms with E-state index in [9.17, 15) is 0 Å². The molecule has 21 heavy (non-hydrogen) atoms. The number of ether oxygens (including phenoxy) is 1. The molecule has 7 heteroatoms. The number of rotatable bonds is 5. The van der Waals surface area contributed by atoms with Gasteiger partial charge in [-0.25, -0.2) is 0 Å².